The number of rotatable bonds is 2. The van der Waals surface area contributed by atoms with E-state index in [4.69, 9.17) is 12.2 Å². The average Bonchev–Trinajstić information content (AvgIpc) is 2.89. The van der Waals surface area contributed by atoms with Gasteiger partial charge in [-0.15, -0.1) is 11.8 Å². The van der Waals surface area contributed by atoms with Crippen molar-refractivity contribution < 1.29 is 4.92 Å². The van der Waals surface area contributed by atoms with E-state index in [2.05, 4.69) is 29.6 Å². The van der Waals surface area contributed by atoms with Crippen molar-refractivity contribution in [3.05, 3.63) is 105 Å². The molecule has 1 aliphatic carbocycles. The van der Waals surface area contributed by atoms with Gasteiger partial charge in [-0.1, -0.05) is 60.7 Å². The number of hydrogen-bond donors (Lipinski definition) is 1. The van der Waals surface area contributed by atoms with Crippen LogP contribution in [-0.2, 0) is 0 Å². The van der Waals surface area contributed by atoms with Crippen molar-refractivity contribution in [2.45, 2.75) is 10.1 Å². The maximum Gasteiger partial charge on any atom is 0.269 e. The average molecular weight is 403 g/mol. The lowest BCUT2D eigenvalue weighted by Crippen LogP contribution is -2.06. The van der Waals surface area contributed by atoms with Gasteiger partial charge in [0.2, 0.25) is 0 Å². The molecular formula is C22H14N2O2S2. The third-order valence-corrected chi connectivity index (χ3v) is 6.81. The number of thiocarbonyl (C=S) groups is 1. The molecule has 1 aliphatic heterocycles. The molecule has 6 heteroatoms. The molecule has 2 aliphatic rings. The highest BCUT2D eigenvalue weighted by molar-refractivity contribution is 8.00. The number of nitrogens with zero attached hydrogens (tertiary/aromatic N) is 1. The predicted octanol–water partition coefficient (Wildman–Crippen LogP) is 6.00. The first-order chi connectivity index (χ1) is 13.6. The first kappa shape index (κ1) is 17.2. The second kappa shape index (κ2) is 6.58. The van der Waals surface area contributed by atoms with Gasteiger partial charge in [0.1, 0.15) is 0 Å². The highest BCUT2D eigenvalue weighted by Gasteiger charge is 2.35. The van der Waals surface area contributed by atoms with Gasteiger partial charge in [-0.3, -0.25) is 10.1 Å². The molecule has 0 unspecified atom stereocenters. The summed E-state index contributed by atoms with van der Waals surface area (Å²) in [5, 5.41) is 14.6. The van der Waals surface area contributed by atoms with Gasteiger partial charge in [0, 0.05) is 33.7 Å². The molecule has 3 aromatic carbocycles. The van der Waals surface area contributed by atoms with Crippen LogP contribution in [0.1, 0.15) is 21.9 Å². The third kappa shape index (κ3) is 2.65. The summed E-state index contributed by atoms with van der Waals surface area (Å²) in [7, 11) is 0. The lowest BCUT2D eigenvalue weighted by atomic mass is 10.0. The number of para-hydroxylation sites is 1. The van der Waals surface area contributed by atoms with Gasteiger partial charge in [0.25, 0.3) is 5.69 Å². The zero-order valence-corrected chi connectivity index (χ0v) is 16.2. The van der Waals surface area contributed by atoms with Crippen LogP contribution in [0.2, 0.25) is 0 Å². The highest BCUT2D eigenvalue weighted by atomic mass is 32.2. The van der Waals surface area contributed by atoms with Gasteiger partial charge in [-0.05, 0) is 17.7 Å². The number of nitro groups is 1. The molecule has 1 N–H and O–H groups in total. The molecule has 5 rings (SSSR count). The molecule has 0 spiro atoms. The minimum atomic E-state index is -0.373. The van der Waals surface area contributed by atoms with E-state index in [1.54, 1.807) is 23.9 Å². The summed E-state index contributed by atoms with van der Waals surface area (Å²) in [6.07, 6.45) is 0. The van der Waals surface area contributed by atoms with E-state index >= 15 is 0 Å². The maximum absolute atomic E-state index is 11.1. The van der Waals surface area contributed by atoms with Crippen molar-refractivity contribution in [1.82, 2.24) is 0 Å². The summed E-state index contributed by atoms with van der Waals surface area (Å²) in [6, 6.07) is 23.1. The van der Waals surface area contributed by atoms with Gasteiger partial charge in [-0.2, -0.15) is 0 Å². The number of hydrogen-bond acceptors (Lipinski definition) is 5. The van der Waals surface area contributed by atoms with Crippen molar-refractivity contribution in [3.63, 3.8) is 0 Å². The van der Waals surface area contributed by atoms with Gasteiger partial charge < -0.3 is 5.32 Å². The summed E-state index contributed by atoms with van der Waals surface area (Å²) in [4.78, 5) is 12.6. The Labute approximate surface area is 171 Å². The smallest absolute Gasteiger partial charge is 0.269 e. The highest BCUT2D eigenvalue weighted by Crippen LogP contribution is 2.52. The quantitative estimate of drug-likeness (QED) is 0.324. The molecule has 28 heavy (non-hydrogen) atoms. The van der Waals surface area contributed by atoms with E-state index in [1.165, 1.54) is 0 Å². The van der Waals surface area contributed by atoms with Crippen LogP contribution in [0.25, 0.3) is 5.70 Å². The summed E-state index contributed by atoms with van der Waals surface area (Å²) in [5.74, 6) is 0. The molecule has 0 radical (unpaired) electrons. The molecule has 136 valence electrons. The fourth-order valence-electron chi connectivity index (χ4n) is 3.69. The van der Waals surface area contributed by atoms with E-state index < -0.39 is 0 Å². The van der Waals surface area contributed by atoms with Crippen LogP contribution in [0, 0.1) is 10.1 Å². The molecule has 0 saturated heterocycles. The van der Waals surface area contributed by atoms with Crippen LogP contribution < -0.4 is 5.32 Å². The summed E-state index contributed by atoms with van der Waals surface area (Å²) in [5.41, 5.74) is 6.38. The van der Waals surface area contributed by atoms with Crippen LogP contribution >= 0.6 is 24.0 Å². The zero-order chi connectivity index (χ0) is 19.3. The zero-order valence-electron chi connectivity index (χ0n) is 14.6. The number of thioether (sulfide) groups is 1. The van der Waals surface area contributed by atoms with E-state index in [1.807, 2.05) is 36.4 Å². The van der Waals surface area contributed by atoms with E-state index in [0.29, 0.717) is 0 Å². The van der Waals surface area contributed by atoms with Gasteiger partial charge in [-0.25, -0.2) is 0 Å². The molecule has 4 nitrogen and oxygen atoms in total. The monoisotopic (exact) mass is 402 g/mol. The number of anilines is 1. The largest absolute Gasteiger partial charge is 0.354 e. The van der Waals surface area contributed by atoms with E-state index in [-0.39, 0.29) is 15.9 Å². The molecular weight excluding hydrogens is 388 g/mol. The Bertz CT molecular complexity index is 1170. The topological polar surface area (TPSA) is 55.2 Å². The second-order valence-corrected chi connectivity index (χ2v) is 8.19. The van der Waals surface area contributed by atoms with Crippen molar-refractivity contribution in [1.29, 1.82) is 0 Å². The third-order valence-electron chi connectivity index (χ3n) is 5.02. The molecule has 0 amide bonds. The molecule has 0 aromatic heterocycles. The Hall–Kier alpha value is -2.96. The standard InChI is InChI=1S/C22H14N2O2S2/c25-24(26)14-11-9-13(10-12-14)22-19-20(15-5-1-2-6-16(15)21(19)27)23-17-7-3-4-8-18(17)28-22/h1-12,22-23H/t22-/m0/s1. The maximum atomic E-state index is 11.1. The molecule has 1 atom stereocenters. The van der Waals surface area contributed by atoms with Gasteiger partial charge >= 0.3 is 0 Å². The predicted molar refractivity (Wildman–Crippen MR) is 117 cm³/mol. The first-order valence-corrected chi connectivity index (χ1v) is 10.1. The molecule has 0 saturated carbocycles. The van der Waals surface area contributed by atoms with Crippen LogP contribution in [-0.4, -0.2) is 9.79 Å². The van der Waals surface area contributed by atoms with Crippen molar-refractivity contribution >= 4 is 45.9 Å². The number of nitro benzene ring substituents is 1. The fourth-order valence-corrected chi connectivity index (χ4v) is 5.46. The SMILES string of the molecule is O=[N+]([O-])c1ccc([C@@H]2Sc3ccccc3NC3=C2C(=S)c2ccccc23)cc1. The summed E-state index contributed by atoms with van der Waals surface area (Å²) < 4.78 is 0. The Morgan fingerprint density at radius 1 is 0.929 bits per heavy atom. The summed E-state index contributed by atoms with van der Waals surface area (Å²) in [6.45, 7) is 0. The van der Waals surface area contributed by atoms with Crippen molar-refractivity contribution in [3.8, 4) is 0 Å². The van der Waals surface area contributed by atoms with E-state index in [0.717, 1.165) is 43.4 Å². The minimum Gasteiger partial charge on any atom is -0.354 e. The second-order valence-electron chi connectivity index (χ2n) is 6.63. The number of fused-ring (bicyclic) bond motifs is 3. The Morgan fingerprint density at radius 3 is 2.36 bits per heavy atom. The van der Waals surface area contributed by atoms with Crippen molar-refractivity contribution in [2.24, 2.45) is 0 Å². The fraction of sp³-hybridized carbons (Fsp3) is 0.0455. The normalized spacial score (nSPS) is 17.3. The van der Waals surface area contributed by atoms with E-state index in [9.17, 15) is 10.1 Å². The minimum absolute atomic E-state index is 0.0492. The molecule has 0 bridgehead atoms. The Morgan fingerprint density at radius 2 is 1.61 bits per heavy atom. The number of nitrogens with one attached hydrogen (secondary N) is 1. The van der Waals surface area contributed by atoms with Crippen LogP contribution in [0.4, 0.5) is 11.4 Å². The lowest BCUT2D eigenvalue weighted by Gasteiger charge is -2.18. The lowest BCUT2D eigenvalue weighted by molar-refractivity contribution is -0.384. The molecule has 0 fully saturated rings. The van der Waals surface area contributed by atoms with Gasteiger partial charge in [0.05, 0.1) is 26.4 Å². The number of non-ortho nitro benzene ring substituents is 1. The Balaban J connectivity index is 1.70. The number of benzene rings is 3. The van der Waals surface area contributed by atoms with Crippen LogP contribution in [0.3, 0.4) is 0 Å². The first-order valence-electron chi connectivity index (χ1n) is 8.79. The molecule has 1 heterocycles. The summed E-state index contributed by atoms with van der Waals surface area (Å²) >= 11 is 7.59. The van der Waals surface area contributed by atoms with Crippen LogP contribution in [0.5, 0.6) is 0 Å². The van der Waals surface area contributed by atoms with Crippen LogP contribution in [0.15, 0.2) is 83.3 Å². The molecule has 3 aromatic rings. The van der Waals surface area contributed by atoms with Crippen molar-refractivity contribution in [2.75, 3.05) is 5.32 Å². The Kier molecular flexibility index (Phi) is 4.03. The van der Waals surface area contributed by atoms with Gasteiger partial charge in [0.15, 0.2) is 0 Å².